The molecule has 0 bridgehead atoms. The van der Waals surface area contributed by atoms with Gasteiger partial charge in [0, 0.05) is 44.3 Å². The molecule has 9 heteroatoms. The zero-order chi connectivity index (χ0) is 44.6. The average Bonchev–Trinajstić information content (AvgIpc) is 3.96. The van der Waals surface area contributed by atoms with Crippen LogP contribution in [0.5, 0.6) is 23.0 Å². The lowest BCUT2D eigenvalue weighted by atomic mass is 9.33. The first kappa shape index (κ1) is 37.6. The lowest BCUT2D eigenvalue weighted by molar-refractivity contribution is 0.171. The van der Waals surface area contributed by atoms with E-state index in [1.165, 1.54) is 10.9 Å². The number of aryl methyl sites for hydroxylation is 1. The summed E-state index contributed by atoms with van der Waals surface area (Å²) in [7, 11) is 0. The fourth-order valence-electron chi connectivity index (χ4n) is 11.3. The minimum Gasteiger partial charge on any atom is -0.486 e. The maximum absolute atomic E-state index is 6.65. The molecule has 0 N–H and O–H groups in total. The largest absolute Gasteiger partial charge is 0.486 e. The average molecular weight is 883 g/mol. The minimum atomic E-state index is -0.156. The highest BCUT2D eigenvalue weighted by molar-refractivity contribution is 7.00. The lowest BCUT2D eigenvalue weighted by Gasteiger charge is -2.45. The van der Waals surface area contributed by atoms with Gasteiger partial charge in [-0.05, 0) is 136 Å². The van der Waals surface area contributed by atoms with E-state index in [1.807, 2.05) is 36.4 Å². The number of rotatable bonds is 4. The van der Waals surface area contributed by atoms with Crippen molar-refractivity contribution < 1.29 is 27.8 Å². The molecule has 0 fully saturated rings. The molecule has 0 aliphatic carbocycles. The van der Waals surface area contributed by atoms with Gasteiger partial charge in [0.05, 0.1) is 11.4 Å². The molecule has 0 atom stereocenters. The van der Waals surface area contributed by atoms with Crippen LogP contribution in [-0.4, -0.2) is 33.1 Å². The van der Waals surface area contributed by atoms with Gasteiger partial charge in [-0.2, -0.15) is 0 Å². The summed E-state index contributed by atoms with van der Waals surface area (Å²) in [4.78, 5) is 4.79. The normalized spacial score (nSPS) is 14.4. The molecule has 0 unspecified atom stereocenters. The van der Waals surface area contributed by atoms with Crippen LogP contribution < -0.4 is 45.1 Å². The Bertz CT molecular complexity index is 3950. The van der Waals surface area contributed by atoms with E-state index < -0.39 is 0 Å². The van der Waals surface area contributed by atoms with Crippen molar-refractivity contribution in [3.63, 3.8) is 0 Å². The first-order valence-electron chi connectivity index (χ1n) is 23.2. The molecule has 8 nitrogen and oxygen atoms in total. The Morgan fingerprint density at radius 1 is 0.397 bits per heavy atom. The number of benzene rings is 9. The molecule has 9 aromatic carbocycles. The van der Waals surface area contributed by atoms with Gasteiger partial charge in [0.25, 0.3) is 6.71 Å². The van der Waals surface area contributed by atoms with E-state index in [0.29, 0.717) is 32.2 Å². The van der Waals surface area contributed by atoms with E-state index in [9.17, 15) is 0 Å². The summed E-state index contributed by atoms with van der Waals surface area (Å²) in [6.45, 7) is 3.91. The molecule has 15 rings (SSSR count). The van der Waals surface area contributed by atoms with Crippen molar-refractivity contribution in [2.24, 2.45) is 0 Å². The van der Waals surface area contributed by atoms with Gasteiger partial charge in [-0.1, -0.05) is 84.9 Å². The summed E-state index contributed by atoms with van der Waals surface area (Å²) in [6, 6.07) is 60.6. The Balaban J connectivity index is 0.980. The van der Waals surface area contributed by atoms with Crippen LogP contribution in [0.15, 0.2) is 179 Å². The van der Waals surface area contributed by atoms with Crippen molar-refractivity contribution in [1.82, 2.24) is 0 Å². The number of nitrogens with zero attached hydrogens (tertiary/aromatic N) is 2. The number of anilines is 6. The van der Waals surface area contributed by atoms with Crippen molar-refractivity contribution in [3.8, 4) is 45.3 Å². The summed E-state index contributed by atoms with van der Waals surface area (Å²) < 4.78 is 38.5. The molecule has 2 aromatic heterocycles. The van der Waals surface area contributed by atoms with E-state index in [-0.39, 0.29) is 6.71 Å². The summed E-state index contributed by atoms with van der Waals surface area (Å²) >= 11 is 0. The third kappa shape index (κ3) is 5.44. The number of hydrogen-bond acceptors (Lipinski definition) is 8. The smallest absolute Gasteiger partial charge is 0.252 e. The van der Waals surface area contributed by atoms with Crippen LogP contribution in [0.25, 0.3) is 66.1 Å². The maximum atomic E-state index is 6.65. The van der Waals surface area contributed by atoms with Crippen molar-refractivity contribution in [3.05, 3.63) is 175 Å². The molecule has 4 aliphatic rings. The molecule has 0 saturated carbocycles. The van der Waals surface area contributed by atoms with Crippen LogP contribution in [0, 0.1) is 6.92 Å². The Hall–Kier alpha value is -8.56. The fourth-order valence-corrected chi connectivity index (χ4v) is 11.3. The van der Waals surface area contributed by atoms with Gasteiger partial charge in [0.1, 0.15) is 48.8 Å². The van der Waals surface area contributed by atoms with E-state index in [0.717, 1.165) is 129 Å². The van der Waals surface area contributed by atoms with Crippen LogP contribution >= 0.6 is 0 Å². The van der Waals surface area contributed by atoms with Crippen LogP contribution in [0.2, 0.25) is 0 Å². The maximum Gasteiger partial charge on any atom is 0.252 e. The topological polar surface area (TPSA) is 69.7 Å². The second kappa shape index (κ2) is 14.2. The van der Waals surface area contributed by atoms with Gasteiger partial charge in [-0.3, -0.25) is 0 Å². The first-order valence-corrected chi connectivity index (χ1v) is 23.2. The second-order valence-electron chi connectivity index (χ2n) is 18.1. The Morgan fingerprint density at radius 3 is 1.71 bits per heavy atom. The van der Waals surface area contributed by atoms with Gasteiger partial charge in [-0.25, -0.2) is 0 Å². The number of furan rings is 2. The second-order valence-corrected chi connectivity index (χ2v) is 18.1. The van der Waals surface area contributed by atoms with Gasteiger partial charge >= 0.3 is 0 Å². The zero-order valence-electron chi connectivity index (χ0n) is 36.9. The lowest BCUT2D eigenvalue weighted by Crippen LogP contribution is -2.61. The Morgan fingerprint density at radius 2 is 0.971 bits per heavy atom. The van der Waals surface area contributed by atoms with E-state index in [1.54, 1.807) is 0 Å². The van der Waals surface area contributed by atoms with Gasteiger partial charge in [0.15, 0.2) is 23.0 Å². The molecule has 0 radical (unpaired) electrons. The molecule has 0 saturated heterocycles. The third-order valence-electron chi connectivity index (χ3n) is 14.2. The summed E-state index contributed by atoms with van der Waals surface area (Å²) in [5.41, 5.74) is 18.5. The number of hydrogen-bond donors (Lipinski definition) is 0. The molecule has 324 valence electrons. The first-order chi connectivity index (χ1) is 33.6. The van der Waals surface area contributed by atoms with Gasteiger partial charge in [-0.15, -0.1) is 0 Å². The van der Waals surface area contributed by atoms with E-state index in [4.69, 9.17) is 27.8 Å². The van der Waals surface area contributed by atoms with E-state index >= 15 is 0 Å². The van der Waals surface area contributed by atoms with Crippen molar-refractivity contribution in [2.75, 3.05) is 36.2 Å². The number of ether oxygens (including phenoxy) is 4. The Kier molecular flexibility index (Phi) is 7.87. The van der Waals surface area contributed by atoms with E-state index in [2.05, 4.69) is 150 Å². The molecular formula is C59H39BN2O6. The Labute approximate surface area is 391 Å². The third-order valence-corrected chi connectivity index (χ3v) is 14.2. The highest BCUT2D eigenvalue weighted by atomic mass is 16.6. The predicted molar refractivity (Wildman–Crippen MR) is 273 cm³/mol. The van der Waals surface area contributed by atoms with Crippen LogP contribution in [0.1, 0.15) is 5.56 Å². The quantitative estimate of drug-likeness (QED) is 0.162. The summed E-state index contributed by atoms with van der Waals surface area (Å²) in [5.74, 6) is 2.88. The van der Waals surface area contributed by atoms with Crippen molar-refractivity contribution >= 4 is 101 Å². The minimum absolute atomic E-state index is 0.156. The molecule has 4 aliphatic heterocycles. The molecule has 68 heavy (non-hydrogen) atoms. The molecule has 0 spiro atoms. The van der Waals surface area contributed by atoms with Gasteiger partial charge < -0.3 is 37.6 Å². The molecule has 0 amide bonds. The molecule has 6 heterocycles. The molecule has 11 aromatic rings. The summed E-state index contributed by atoms with van der Waals surface area (Å²) in [6.07, 6.45) is 0. The predicted octanol–water partition coefficient (Wildman–Crippen LogP) is 12.8. The van der Waals surface area contributed by atoms with Crippen molar-refractivity contribution in [1.29, 1.82) is 0 Å². The summed E-state index contributed by atoms with van der Waals surface area (Å²) in [5, 5.41) is 4.44. The highest BCUT2D eigenvalue weighted by Gasteiger charge is 2.46. The number of para-hydroxylation sites is 3. The molecular weight excluding hydrogens is 843 g/mol. The van der Waals surface area contributed by atoms with Crippen LogP contribution in [-0.2, 0) is 0 Å². The van der Waals surface area contributed by atoms with Gasteiger partial charge in [0.2, 0.25) is 0 Å². The van der Waals surface area contributed by atoms with Crippen molar-refractivity contribution in [2.45, 2.75) is 6.92 Å². The fraction of sp³-hybridized carbons (Fsp3) is 0.0847. The standard InChI is InChI=1S/C59H39BN2O6/c1-34-28-48-56-49(29-34)62(46-12-7-15-52-58(46)65-26-24-63-52)57-45(22-23-53-59(57)66-27-25-64-53)60(56)44-21-18-36(38-17-20-43-41-11-3-5-14-51(41)68-55(43)33-38)31-47(44)61(48)39-9-6-8-35(30-39)37-16-19-42-40-10-2-4-13-50(40)67-54(42)32-37/h2-23,28-33H,24-27H2,1H3. The SMILES string of the molecule is Cc1cc2c3c(c1)N(c1cccc4c1OCCO4)c1c(ccc4c1OCCO4)B3c1ccc(-c3ccc4c(c3)oc3ccccc34)cc1N2c1cccc(-c2ccc3c(c2)oc2ccccc23)c1. The van der Waals surface area contributed by atoms with Crippen LogP contribution in [0.4, 0.5) is 34.1 Å². The monoisotopic (exact) mass is 882 g/mol. The van der Waals surface area contributed by atoms with Crippen LogP contribution in [0.3, 0.4) is 0 Å². The highest BCUT2D eigenvalue weighted by Crippen LogP contribution is 2.54. The zero-order valence-corrected chi connectivity index (χ0v) is 36.9. The number of fused-ring (bicyclic) bond motifs is 13.